The van der Waals surface area contributed by atoms with Crippen molar-refractivity contribution in [3.8, 4) is 11.3 Å². The van der Waals surface area contributed by atoms with E-state index in [2.05, 4.69) is 59.1 Å². The summed E-state index contributed by atoms with van der Waals surface area (Å²) in [5.74, 6) is 1.11. The van der Waals surface area contributed by atoms with Gasteiger partial charge in [0, 0.05) is 37.8 Å². The zero-order valence-electron chi connectivity index (χ0n) is 22.7. The van der Waals surface area contributed by atoms with Gasteiger partial charge in [0.1, 0.15) is 0 Å². The molecule has 3 aromatic rings. The Balaban J connectivity index is 1.15. The van der Waals surface area contributed by atoms with Gasteiger partial charge >= 0.3 is 0 Å². The van der Waals surface area contributed by atoms with Crippen LogP contribution in [0.2, 0.25) is 0 Å². The topological polar surface area (TPSA) is 85.2 Å². The molecule has 1 fully saturated rings. The van der Waals surface area contributed by atoms with Gasteiger partial charge in [-0.3, -0.25) is 9.48 Å². The van der Waals surface area contributed by atoms with Crippen LogP contribution in [-0.4, -0.2) is 55.4 Å². The predicted octanol–water partition coefficient (Wildman–Crippen LogP) is 5.26. The second-order valence-corrected chi connectivity index (χ2v) is 11.9. The Hall–Kier alpha value is -3.26. The number of ether oxygens (including phenoxy) is 1. The molecule has 0 radical (unpaired) electrons. The average Bonchev–Trinajstić information content (AvgIpc) is 3.42. The number of nitrogens with zero attached hydrogens (tertiary/aromatic N) is 5. The number of fused-ring (bicyclic) bond motifs is 2. The number of hydrogen-bond donors (Lipinski definition) is 1. The summed E-state index contributed by atoms with van der Waals surface area (Å²) in [5, 5.41) is 7.84. The Labute approximate surface area is 224 Å². The van der Waals surface area contributed by atoms with E-state index >= 15 is 0 Å². The maximum Gasteiger partial charge on any atom is 0.227 e. The second-order valence-electron chi connectivity index (χ2n) is 11.9. The lowest BCUT2D eigenvalue weighted by Gasteiger charge is -2.42. The highest BCUT2D eigenvalue weighted by atomic mass is 16.5. The number of likely N-dealkylation sites (tertiary alicyclic amines) is 1. The lowest BCUT2D eigenvalue weighted by molar-refractivity contribution is -0.157. The van der Waals surface area contributed by atoms with E-state index in [9.17, 15) is 4.79 Å². The molecule has 2 aliphatic heterocycles. The minimum atomic E-state index is -0.169. The van der Waals surface area contributed by atoms with Gasteiger partial charge in [-0.1, -0.05) is 18.6 Å². The fraction of sp³-hybridized carbons (Fsp3) is 0.533. The smallest absolute Gasteiger partial charge is 0.227 e. The maximum absolute atomic E-state index is 13.1. The van der Waals surface area contributed by atoms with E-state index in [1.807, 2.05) is 23.4 Å². The molecule has 4 heterocycles. The van der Waals surface area contributed by atoms with E-state index in [1.54, 1.807) is 0 Å². The highest BCUT2D eigenvalue weighted by Gasteiger charge is 2.35. The summed E-state index contributed by atoms with van der Waals surface area (Å²) in [5.41, 5.74) is 6.71. The number of anilines is 2. The normalized spacial score (nSPS) is 19.4. The first-order valence-corrected chi connectivity index (χ1v) is 14.1. The summed E-state index contributed by atoms with van der Waals surface area (Å²) in [6.07, 6.45) is 11.0. The molecule has 1 saturated heterocycles. The van der Waals surface area contributed by atoms with Crippen molar-refractivity contribution in [2.75, 3.05) is 18.4 Å². The van der Waals surface area contributed by atoms with Gasteiger partial charge in [-0.25, -0.2) is 9.97 Å². The molecule has 1 unspecified atom stereocenters. The summed E-state index contributed by atoms with van der Waals surface area (Å²) in [6.45, 7) is 8.60. The quantitative estimate of drug-likeness (QED) is 0.452. The van der Waals surface area contributed by atoms with Crippen molar-refractivity contribution in [2.45, 2.75) is 89.9 Å². The fourth-order valence-corrected chi connectivity index (χ4v) is 6.08. The number of nitrogens with one attached hydrogen (secondary N) is 1. The molecule has 0 spiro atoms. The van der Waals surface area contributed by atoms with Crippen LogP contribution in [0.5, 0.6) is 0 Å². The molecule has 8 heteroatoms. The van der Waals surface area contributed by atoms with Crippen LogP contribution < -0.4 is 5.32 Å². The van der Waals surface area contributed by atoms with Gasteiger partial charge in [0.05, 0.1) is 35.0 Å². The highest BCUT2D eigenvalue weighted by molar-refractivity contribution is 5.78. The summed E-state index contributed by atoms with van der Waals surface area (Å²) in [6, 6.07) is 8.63. The number of carbonyl (C=O) groups is 1. The minimum absolute atomic E-state index is 0.158. The Bertz CT molecular complexity index is 1320. The number of carbonyl (C=O) groups excluding carboxylic acids is 1. The van der Waals surface area contributed by atoms with Gasteiger partial charge < -0.3 is 15.0 Å². The van der Waals surface area contributed by atoms with E-state index in [0.717, 1.165) is 62.0 Å². The molecule has 3 aliphatic rings. The van der Waals surface area contributed by atoms with Crippen LogP contribution in [0, 0.1) is 0 Å². The third-order valence-corrected chi connectivity index (χ3v) is 7.90. The van der Waals surface area contributed by atoms with Crippen molar-refractivity contribution in [1.82, 2.24) is 24.6 Å². The van der Waals surface area contributed by atoms with E-state index in [0.29, 0.717) is 25.5 Å². The first kappa shape index (κ1) is 25.0. The molecule has 200 valence electrons. The summed E-state index contributed by atoms with van der Waals surface area (Å²) in [7, 11) is 0. The molecule has 1 N–H and O–H groups in total. The van der Waals surface area contributed by atoms with Gasteiger partial charge in [0.2, 0.25) is 11.9 Å². The summed E-state index contributed by atoms with van der Waals surface area (Å²) < 4.78 is 8.07. The second kappa shape index (κ2) is 10.1. The number of aryl methyl sites for hydroxylation is 2. The standard InChI is InChI=1S/C30H38N6O2/c1-30(2,3)38-23-18-35(19-23)28(37)16-21-8-5-4-7-20-15-22(10-11-24(20)21)25-12-13-31-29(33-25)34-26-17-32-36-14-6-9-27(26)36/h10-13,15,17,21,23H,4-9,14,16,18-19H2,1-3H3,(H,31,33,34). The number of amides is 1. The Morgan fingerprint density at radius 2 is 2.00 bits per heavy atom. The molecular formula is C30H38N6O2. The largest absolute Gasteiger partial charge is 0.369 e. The minimum Gasteiger partial charge on any atom is -0.369 e. The van der Waals surface area contributed by atoms with Crippen LogP contribution in [0.15, 0.2) is 36.7 Å². The van der Waals surface area contributed by atoms with Crippen molar-refractivity contribution in [3.05, 3.63) is 53.5 Å². The number of rotatable bonds is 6. The molecule has 6 rings (SSSR count). The third kappa shape index (κ3) is 5.32. The fourth-order valence-electron chi connectivity index (χ4n) is 6.08. The van der Waals surface area contributed by atoms with Crippen LogP contribution in [0.25, 0.3) is 11.3 Å². The zero-order chi connectivity index (χ0) is 26.3. The number of hydrogen-bond acceptors (Lipinski definition) is 6. The van der Waals surface area contributed by atoms with Crippen molar-refractivity contribution in [1.29, 1.82) is 0 Å². The Kier molecular flexibility index (Phi) is 6.68. The Morgan fingerprint density at radius 3 is 2.84 bits per heavy atom. The summed E-state index contributed by atoms with van der Waals surface area (Å²) >= 11 is 0. The van der Waals surface area contributed by atoms with Gasteiger partial charge in [-0.05, 0) is 82.1 Å². The molecular weight excluding hydrogens is 476 g/mol. The molecule has 1 amide bonds. The third-order valence-electron chi connectivity index (χ3n) is 7.90. The molecule has 38 heavy (non-hydrogen) atoms. The van der Waals surface area contributed by atoms with Gasteiger partial charge in [-0.15, -0.1) is 0 Å². The zero-order valence-corrected chi connectivity index (χ0v) is 22.7. The van der Waals surface area contributed by atoms with Gasteiger partial charge in [0.25, 0.3) is 0 Å². The SMILES string of the molecule is CC(C)(C)OC1CN(C(=O)CC2CCCCc3cc(-c4ccnc(Nc5cnn6c5CCC6)n4)ccc32)C1. The van der Waals surface area contributed by atoms with Crippen molar-refractivity contribution in [2.24, 2.45) is 0 Å². The van der Waals surface area contributed by atoms with Gasteiger partial charge in [0.15, 0.2) is 0 Å². The summed E-state index contributed by atoms with van der Waals surface area (Å²) in [4.78, 5) is 24.3. The van der Waals surface area contributed by atoms with Crippen LogP contribution in [-0.2, 0) is 28.9 Å². The Morgan fingerprint density at radius 1 is 1.13 bits per heavy atom. The molecule has 1 aromatic carbocycles. The molecule has 2 aromatic heterocycles. The molecule has 0 bridgehead atoms. The first-order chi connectivity index (χ1) is 18.3. The van der Waals surface area contributed by atoms with E-state index < -0.39 is 0 Å². The highest BCUT2D eigenvalue weighted by Crippen LogP contribution is 2.36. The maximum atomic E-state index is 13.1. The van der Waals surface area contributed by atoms with Crippen LogP contribution in [0.3, 0.4) is 0 Å². The van der Waals surface area contributed by atoms with E-state index in [1.165, 1.54) is 16.8 Å². The van der Waals surface area contributed by atoms with Crippen LogP contribution in [0.4, 0.5) is 11.6 Å². The number of benzene rings is 1. The lowest BCUT2D eigenvalue weighted by Crippen LogP contribution is -2.56. The lowest BCUT2D eigenvalue weighted by atomic mass is 9.88. The molecule has 8 nitrogen and oxygen atoms in total. The molecule has 0 saturated carbocycles. The van der Waals surface area contributed by atoms with Crippen molar-refractivity contribution >= 4 is 17.5 Å². The average molecular weight is 515 g/mol. The van der Waals surface area contributed by atoms with Crippen molar-refractivity contribution < 1.29 is 9.53 Å². The van der Waals surface area contributed by atoms with Crippen molar-refractivity contribution in [3.63, 3.8) is 0 Å². The predicted molar refractivity (Wildman–Crippen MR) is 147 cm³/mol. The number of aromatic nitrogens is 4. The van der Waals surface area contributed by atoms with Crippen LogP contribution in [0.1, 0.15) is 75.6 Å². The van der Waals surface area contributed by atoms with E-state index in [4.69, 9.17) is 9.72 Å². The first-order valence-electron chi connectivity index (χ1n) is 14.1. The van der Waals surface area contributed by atoms with Gasteiger partial charge in [-0.2, -0.15) is 5.10 Å². The monoisotopic (exact) mass is 514 g/mol. The molecule has 1 aliphatic carbocycles. The molecule has 1 atom stereocenters. The van der Waals surface area contributed by atoms with E-state index in [-0.39, 0.29) is 23.5 Å². The van der Waals surface area contributed by atoms with Crippen LogP contribution >= 0.6 is 0 Å².